The number of methoxy groups -OCH3 is 1. The maximum absolute atomic E-state index is 6.24. The van der Waals surface area contributed by atoms with E-state index in [-0.39, 0.29) is 17.8 Å². The van der Waals surface area contributed by atoms with Crippen LogP contribution in [0.15, 0.2) is 41.8 Å². The van der Waals surface area contributed by atoms with Crippen molar-refractivity contribution < 1.29 is 9.16 Å². The SMILES string of the molecule is COc1c(C(C)(C)C)ccc(CCC=NNc2ccncc2)c1O[Si](C)C.Cl. The largest absolute Gasteiger partial charge is 0.540 e. The van der Waals surface area contributed by atoms with E-state index in [1.165, 1.54) is 5.56 Å². The first-order valence-corrected chi connectivity index (χ1v) is 11.6. The number of aryl methyl sites for hydroxylation is 1. The van der Waals surface area contributed by atoms with Crippen LogP contribution in [0.25, 0.3) is 0 Å². The maximum atomic E-state index is 6.24. The van der Waals surface area contributed by atoms with Crippen molar-refractivity contribution >= 4 is 33.3 Å². The molecule has 0 aliphatic carbocycles. The highest BCUT2D eigenvalue weighted by molar-refractivity contribution is 6.49. The van der Waals surface area contributed by atoms with E-state index in [1.54, 1.807) is 19.5 Å². The van der Waals surface area contributed by atoms with Gasteiger partial charge in [0, 0.05) is 24.2 Å². The summed E-state index contributed by atoms with van der Waals surface area (Å²) in [5, 5.41) is 4.28. The molecule has 1 heterocycles. The van der Waals surface area contributed by atoms with Crippen molar-refractivity contribution in [3.8, 4) is 11.5 Å². The van der Waals surface area contributed by atoms with Gasteiger partial charge in [0.15, 0.2) is 5.75 Å². The van der Waals surface area contributed by atoms with Crippen molar-refractivity contribution in [3.63, 3.8) is 0 Å². The molecule has 28 heavy (non-hydrogen) atoms. The van der Waals surface area contributed by atoms with E-state index in [2.05, 4.69) is 61.5 Å². The van der Waals surface area contributed by atoms with Gasteiger partial charge < -0.3 is 9.16 Å². The minimum Gasteiger partial charge on any atom is -0.540 e. The molecule has 5 nitrogen and oxygen atoms in total. The Kier molecular flexibility index (Phi) is 9.48. The topological polar surface area (TPSA) is 55.7 Å². The second-order valence-corrected chi connectivity index (χ2v) is 9.61. The summed E-state index contributed by atoms with van der Waals surface area (Å²) in [5.41, 5.74) is 6.24. The van der Waals surface area contributed by atoms with Crippen molar-refractivity contribution in [3.05, 3.63) is 47.8 Å². The Morgan fingerprint density at radius 3 is 2.36 bits per heavy atom. The molecule has 0 amide bonds. The fourth-order valence-corrected chi connectivity index (χ4v) is 3.37. The third-order valence-corrected chi connectivity index (χ3v) is 4.63. The molecule has 2 rings (SSSR count). The number of aromatic nitrogens is 1. The highest BCUT2D eigenvalue weighted by atomic mass is 35.5. The van der Waals surface area contributed by atoms with Crippen LogP contribution in [0.4, 0.5) is 5.69 Å². The van der Waals surface area contributed by atoms with E-state index < -0.39 is 9.04 Å². The number of halogens is 1. The van der Waals surface area contributed by atoms with Gasteiger partial charge in [-0.3, -0.25) is 10.4 Å². The van der Waals surface area contributed by atoms with Crippen LogP contribution in [0.1, 0.15) is 38.3 Å². The molecule has 1 aromatic heterocycles. The highest BCUT2D eigenvalue weighted by Gasteiger charge is 2.24. The fourth-order valence-electron chi connectivity index (χ4n) is 2.74. The zero-order valence-electron chi connectivity index (χ0n) is 17.6. The van der Waals surface area contributed by atoms with Gasteiger partial charge in [0.2, 0.25) is 0 Å². The maximum Gasteiger partial charge on any atom is 0.274 e. The Morgan fingerprint density at radius 1 is 1.11 bits per heavy atom. The van der Waals surface area contributed by atoms with Gasteiger partial charge >= 0.3 is 0 Å². The second-order valence-electron chi connectivity index (χ2n) is 7.59. The predicted octanol–water partition coefficient (Wildman–Crippen LogP) is 5.47. The van der Waals surface area contributed by atoms with Crippen LogP contribution in [0.5, 0.6) is 11.5 Å². The van der Waals surface area contributed by atoms with Gasteiger partial charge in [-0.15, -0.1) is 12.4 Å². The summed E-state index contributed by atoms with van der Waals surface area (Å²) in [7, 11) is 0.817. The first-order valence-electron chi connectivity index (χ1n) is 9.19. The molecule has 0 aliphatic heterocycles. The number of hydrogen-bond donors (Lipinski definition) is 1. The van der Waals surface area contributed by atoms with E-state index in [0.717, 1.165) is 35.6 Å². The molecule has 1 aromatic carbocycles. The standard InChI is InChI=1S/C21H30N3O2Si.ClH/c1-21(2,3)18-10-9-16(19(20(18)25-4)26-27(5)6)8-7-13-23-24-17-11-14-22-15-12-17;/h9-15H,7-8H2,1-6H3,(H,22,24);1H. The van der Waals surface area contributed by atoms with Gasteiger partial charge in [-0.05, 0) is 49.0 Å². The van der Waals surface area contributed by atoms with Crippen molar-refractivity contribution in [2.45, 2.75) is 52.1 Å². The number of nitrogens with one attached hydrogen (secondary N) is 1. The number of nitrogens with zero attached hydrogens (tertiary/aromatic N) is 2. The molecule has 7 heteroatoms. The predicted molar refractivity (Wildman–Crippen MR) is 122 cm³/mol. The van der Waals surface area contributed by atoms with Crippen LogP contribution in [0.3, 0.4) is 0 Å². The van der Waals surface area contributed by atoms with E-state index in [0.29, 0.717) is 0 Å². The smallest absolute Gasteiger partial charge is 0.274 e. The van der Waals surface area contributed by atoms with Crippen molar-refractivity contribution in [2.75, 3.05) is 12.5 Å². The summed E-state index contributed by atoms with van der Waals surface area (Å²) >= 11 is 0. The summed E-state index contributed by atoms with van der Waals surface area (Å²) in [6.45, 7) is 10.8. The van der Waals surface area contributed by atoms with Gasteiger partial charge in [-0.2, -0.15) is 5.10 Å². The summed E-state index contributed by atoms with van der Waals surface area (Å²) in [6, 6.07) is 8.08. The molecule has 1 N–H and O–H groups in total. The Bertz CT molecular complexity index is 762. The summed E-state index contributed by atoms with van der Waals surface area (Å²) < 4.78 is 12.0. The number of pyridine rings is 1. The molecular weight excluding hydrogens is 390 g/mol. The normalized spacial score (nSPS) is 11.4. The molecule has 0 saturated carbocycles. The number of anilines is 1. The van der Waals surface area contributed by atoms with Crippen LogP contribution in [-0.2, 0) is 11.8 Å². The monoisotopic (exact) mass is 420 g/mol. The molecule has 153 valence electrons. The second kappa shape index (κ2) is 11.1. The summed E-state index contributed by atoms with van der Waals surface area (Å²) in [5.74, 6) is 1.75. The van der Waals surface area contributed by atoms with Crippen LogP contribution in [0, 0.1) is 0 Å². The Labute approximate surface area is 176 Å². The molecule has 0 atom stereocenters. The molecule has 0 unspecified atom stereocenters. The number of hydrogen-bond acceptors (Lipinski definition) is 5. The molecule has 0 spiro atoms. The number of hydrazone groups is 1. The fraction of sp³-hybridized carbons (Fsp3) is 0.429. The van der Waals surface area contributed by atoms with Crippen LogP contribution in [-0.4, -0.2) is 27.3 Å². The average molecular weight is 421 g/mol. The molecule has 2 aromatic rings. The molecule has 0 saturated heterocycles. The molecule has 0 aliphatic rings. The van der Waals surface area contributed by atoms with Crippen molar-refractivity contribution in [2.24, 2.45) is 5.10 Å². The lowest BCUT2D eigenvalue weighted by molar-refractivity contribution is 0.377. The third kappa shape index (κ3) is 6.84. The molecule has 0 bridgehead atoms. The van der Waals surface area contributed by atoms with Crippen LogP contribution < -0.4 is 14.6 Å². The van der Waals surface area contributed by atoms with Crippen molar-refractivity contribution in [1.29, 1.82) is 0 Å². The molecule has 0 fully saturated rings. The van der Waals surface area contributed by atoms with Gasteiger partial charge in [-0.25, -0.2) is 0 Å². The lowest BCUT2D eigenvalue weighted by Crippen LogP contribution is -2.18. The van der Waals surface area contributed by atoms with Crippen molar-refractivity contribution in [1.82, 2.24) is 4.98 Å². The zero-order chi connectivity index (χ0) is 19.9. The minimum atomic E-state index is -0.905. The summed E-state index contributed by atoms with van der Waals surface area (Å²) in [6.07, 6.45) is 7.01. The Hall–Kier alpha value is -2.05. The lowest BCUT2D eigenvalue weighted by Gasteiger charge is -2.26. The average Bonchev–Trinajstić information content (AvgIpc) is 2.61. The van der Waals surface area contributed by atoms with Crippen LogP contribution >= 0.6 is 12.4 Å². The first-order chi connectivity index (χ1) is 12.8. The minimum absolute atomic E-state index is 0. The van der Waals surface area contributed by atoms with E-state index >= 15 is 0 Å². The van der Waals surface area contributed by atoms with Crippen LogP contribution in [0.2, 0.25) is 13.1 Å². The van der Waals surface area contributed by atoms with Gasteiger partial charge in [-0.1, -0.05) is 32.9 Å². The molecule has 1 radical (unpaired) electrons. The van der Waals surface area contributed by atoms with E-state index in [4.69, 9.17) is 9.16 Å². The van der Waals surface area contributed by atoms with E-state index in [9.17, 15) is 0 Å². The van der Waals surface area contributed by atoms with Gasteiger partial charge in [0.05, 0.1) is 12.8 Å². The number of rotatable bonds is 8. The quantitative estimate of drug-likeness (QED) is 0.349. The first kappa shape index (κ1) is 24.0. The summed E-state index contributed by atoms with van der Waals surface area (Å²) in [4.78, 5) is 3.99. The molecular formula is C21H31ClN3O2Si. The van der Waals surface area contributed by atoms with E-state index in [1.807, 2.05) is 18.3 Å². The van der Waals surface area contributed by atoms with Gasteiger partial charge in [0.1, 0.15) is 5.75 Å². The highest BCUT2D eigenvalue weighted by Crippen LogP contribution is 2.41. The lowest BCUT2D eigenvalue weighted by atomic mass is 9.85. The zero-order valence-corrected chi connectivity index (χ0v) is 19.4. The Balaban J connectivity index is 0.00000392. The third-order valence-electron chi connectivity index (χ3n) is 4.02. The Morgan fingerprint density at radius 2 is 1.79 bits per heavy atom. The number of benzene rings is 1. The number of ether oxygens (including phenoxy) is 1. The van der Waals surface area contributed by atoms with Gasteiger partial charge in [0.25, 0.3) is 9.04 Å².